The van der Waals surface area contributed by atoms with E-state index in [1.54, 1.807) is 6.92 Å². The minimum absolute atomic E-state index is 0.140. The lowest BCUT2D eigenvalue weighted by atomic mass is 9.43. The van der Waals surface area contributed by atoms with Crippen LogP contribution in [0.25, 0.3) is 0 Å². The van der Waals surface area contributed by atoms with Gasteiger partial charge in [0.15, 0.2) is 0 Å². The van der Waals surface area contributed by atoms with Crippen molar-refractivity contribution >= 4 is 5.97 Å². The number of hydrogen-bond donors (Lipinski definition) is 4. The summed E-state index contributed by atoms with van der Waals surface area (Å²) in [7, 11) is 0. The first-order valence-electron chi connectivity index (χ1n) is 10.9. The topological polar surface area (TPSA) is 98.0 Å². The molecule has 5 heteroatoms. The second-order valence-corrected chi connectivity index (χ2v) is 10.7. The van der Waals surface area contributed by atoms with Crippen LogP contribution < -0.4 is 0 Å². The van der Waals surface area contributed by atoms with E-state index in [-0.39, 0.29) is 34.7 Å². The molecule has 4 fully saturated rings. The summed E-state index contributed by atoms with van der Waals surface area (Å²) < 4.78 is 0. The molecule has 4 aliphatic carbocycles. The maximum Gasteiger partial charge on any atom is 0.306 e. The Bertz CT molecular complexity index is 608. The number of rotatable bonds is 2. The van der Waals surface area contributed by atoms with Crippen LogP contribution in [0.1, 0.15) is 65.7 Å². The number of aliphatic carboxylic acids is 1. The van der Waals surface area contributed by atoms with Crippen LogP contribution in [-0.4, -0.2) is 44.7 Å². The zero-order valence-electron chi connectivity index (χ0n) is 16.8. The molecule has 4 saturated carbocycles. The van der Waals surface area contributed by atoms with Gasteiger partial charge in [0.25, 0.3) is 0 Å². The second kappa shape index (κ2) is 6.43. The van der Waals surface area contributed by atoms with Crippen molar-refractivity contribution in [2.75, 3.05) is 0 Å². The smallest absolute Gasteiger partial charge is 0.306 e. The van der Waals surface area contributed by atoms with Gasteiger partial charge in [-0.05, 0) is 79.4 Å². The number of carboxylic acids is 1. The van der Waals surface area contributed by atoms with Gasteiger partial charge in [-0.25, -0.2) is 0 Å². The third-order valence-electron chi connectivity index (χ3n) is 9.69. The summed E-state index contributed by atoms with van der Waals surface area (Å²) >= 11 is 0. The number of hydrogen-bond acceptors (Lipinski definition) is 4. The fourth-order valence-corrected chi connectivity index (χ4v) is 8.31. The van der Waals surface area contributed by atoms with Gasteiger partial charge in [0, 0.05) is 5.92 Å². The van der Waals surface area contributed by atoms with Crippen molar-refractivity contribution in [3.05, 3.63) is 0 Å². The van der Waals surface area contributed by atoms with E-state index in [2.05, 4.69) is 13.8 Å². The normalized spacial score (nSPS) is 55.9. The third-order valence-corrected chi connectivity index (χ3v) is 9.69. The molecular weight excluding hydrogens is 344 g/mol. The molecule has 0 heterocycles. The summed E-state index contributed by atoms with van der Waals surface area (Å²) in [5.41, 5.74) is -0.0807. The Hall–Kier alpha value is -0.650. The average Bonchev–Trinajstić information content (AvgIpc) is 2.86. The molecule has 0 amide bonds. The molecule has 11 atom stereocenters. The number of aliphatic hydroxyl groups is 3. The van der Waals surface area contributed by atoms with Gasteiger partial charge >= 0.3 is 5.97 Å². The van der Waals surface area contributed by atoms with Gasteiger partial charge in [0.2, 0.25) is 0 Å². The lowest BCUT2D eigenvalue weighted by molar-refractivity contribution is -0.176. The van der Waals surface area contributed by atoms with E-state index in [1.165, 1.54) is 0 Å². The van der Waals surface area contributed by atoms with E-state index < -0.39 is 24.1 Å². The van der Waals surface area contributed by atoms with E-state index in [0.29, 0.717) is 18.3 Å². The third kappa shape index (κ3) is 2.71. The Morgan fingerprint density at radius 1 is 0.926 bits per heavy atom. The molecule has 5 nitrogen and oxygen atoms in total. The van der Waals surface area contributed by atoms with Crippen LogP contribution in [0.15, 0.2) is 0 Å². The molecule has 0 radical (unpaired) electrons. The first-order chi connectivity index (χ1) is 12.6. The molecule has 0 aromatic rings. The van der Waals surface area contributed by atoms with Crippen LogP contribution in [0.4, 0.5) is 0 Å². The standard InChI is InChI=1S/C22H36O5/c1-11(20(26)27)19-17(25)10-15-18-14(5-7-22(15,19)3)21(2)6-4-13(23)8-12(21)9-16(18)24/h11-19,23-25H,4-10H2,1-3H3,(H,26,27)/t11-,12-,13+,14-,15-,16+,17+,18+,19-,21-,22-/m0/s1. The van der Waals surface area contributed by atoms with Crippen LogP contribution in [0.5, 0.6) is 0 Å². The zero-order chi connectivity index (χ0) is 19.7. The van der Waals surface area contributed by atoms with E-state index in [0.717, 1.165) is 38.5 Å². The first-order valence-corrected chi connectivity index (χ1v) is 10.9. The summed E-state index contributed by atoms with van der Waals surface area (Å²) in [6.07, 6.45) is 4.66. The predicted molar refractivity (Wildman–Crippen MR) is 101 cm³/mol. The number of carboxylic acid groups (broad SMARTS) is 1. The lowest BCUT2D eigenvalue weighted by Crippen LogP contribution is -2.58. The molecule has 154 valence electrons. The molecular formula is C22H36O5. The van der Waals surface area contributed by atoms with E-state index in [9.17, 15) is 25.2 Å². The fraction of sp³-hybridized carbons (Fsp3) is 0.955. The Kier molecular flexibility index (Phi) is 4.68. The highest BCUT2D eigenvalue weighted by atomic mass is 16.4. The van der Waals surface area contributed by atoms with Crippen LogP contribution in [-0.2, 0) is 4.79 Å². The maximum absolute atomic E-state index is 11.7. The zero-order valence-corrected chi connectivity index (χ0v) is 16.8. The Morgan fingerprint density at radius 3 is 2.26 bits per heavy atom. The molecule has 0 aliphatic heterocycles. The molecule has 4 N–H and O–H groups in total. The Balaban J connectivity index is 1.67. The molecule has 0 spiro atoms. The van der Waals surface area contributed by atoms with Crippen molar-refractivity contribution in [3.8, 4) is 0 Å². The highest BCUT2D eigenvalue weighted by Crippen LogP contribution is 2.68. The van der Waals surface area contributed by atoms with Crippen molar-refractivity contribution in [2.45, 2.75) is 84.0 Å². The molecule has 27 heavy (non-hydrogen) atoms. The molecule has 4 rings (SSSR count). The van der Waals surface area contributed by atoms with Gasteiger partial charge in [-0.1, -0.05) is 20.8 Å². The molecule has 0 unspecified atom stereocenters. The fourth-order valence-electron chi connectivity index (χ4n) is 8.31. The highest BCUT2D eigenvalue weighted by Gasteiger charge is 2.65. The largest absolute Gasteiger partial charge is 0.481 e. The van der Waals surface area contributed by atoms with Gasteiger partial charge in [-0.3, -0.25) is 4.79 Å². The van der Waals surface area contributed by atoms with Crippen molar-refractivity contribution in [3.63, 3.8) is 0 Å². The minimum atomic E-state index is -0.833. The Morgan fingerprint density at radius 2 is 1.59 bits per heavy atom. The van der Waals surface area contributed by atoms with Crippen LogP contribution in [0, 0.1) is 46.3 Å². The van der Waals surface area contributed by atoms with Crippen molar-refractivity contribution in [1.29, 1.82) is 0 Å². The van der Waals surface area contributed by atoms with Gasteiger partial charge in [0.1, 0.15) is 0 Å². The molecule has 4 aliphatic rings. The van der Waals surface area contributed by atoms with Crippen molar-refractivity contribution < 1.29 is 25.2 Å². The van der Waals surface area contributed by atoms with Crippen molar-refractivity contribution in [1.82, 2.24) is 0 Å². The highest BCUT2D eigenvalue weighted by molar-refractivity contribution is 5.70. The number of carbonyl (C=O) groups is 1. The number of fused-ring (bicyclic) bond motifs is 5. The van der Waals surface area contributed by atoms with E-state index in [4.69, 9.17) is 0 Å². The monoisotopic (exact) mass is 380 g/mol. The SMILES string of the molecule is C[C@H](C(=O)O)[C@H]1[C@H](O)C[C@H]2[C@@H]3[C@H](O)C[C@@H]4C[C@H](O)CC[C@]4(C)[C@H]3CC[C@]12C. The van der Waals surface area contributed by atoms with Crippen LogP contribution >= 0.6 is 0 Å². The summed E-state index contributed by atoms with van der Waals surface area (Å²) in [5.74, 6) is -0.559. The quantitative estimate of drug-likeness (QED) is 0.590. The van der Waals surface area contributed by atoms with Gasteiger partial charge in [-0.15, -0.1) is 0 Å². The summed E-state index contributed by atoms with van der Waals surface area (Å²) in [6, 6.07) is 0. The maximum atomic E-state index is 11.7. The molecule has 0 aromatic carbocycles. The van der Waals surface area contributed by atoms with Crippen LogP contribution in [0.3, 0.4) is 0 Å². The van der Waals surface area contributed by atoms with Gasteiger partial charge in [0.05, 0.1) is 24.2 Å². The molecule has 0 bridgehead atoms. The number of aliphatic hydroxyl groups excluding tert-OH is 3. The Labute approximate surface area is 162 Å². The van der Waals surface area contributed by atoms with E-state index >= 15 is 0 Å². The first kappa shape index (κ1) is 19.7. The molecule has 0 aromatic heterocycles. The van der Waals surface area contributed by atoms with Crippen molar-refractivity contribution in [2.24, 2.45) is 46.3 Å². The van der Waals surface area contributed by atoms with Gasteiger partial charge in [-0.2, -0.15) is 0 Å². The predicted octanol–water partition coefficient (Wildman–Crippen LogP) is 2.67. The summed E-state index contributed by atoms with van der Waals surface area (Å²) in [5, 5.41) is 41.7. The average molecular weight is 381 g/mol. The minimum Gasteiger partial charge on any atom is -0.481 e. The molecule has 0 saturated heterocycles. The van der Waals surface area contributed by atoms with Gasteiger partial charge < -0.3 is 20.4 Å². The summed E-state index contributed by atoms with van der Waals surface area (Å²) in [4.78, 5) is 11.7. The van der Waals surface area contributed by atoms with E-state index in [1.807, 2.05) is 0 Å². The van der Waals surface area contributed by atoms with Crippen LogP contribution in [0.2, 0.25) is 0 Å². The lowest BCUT2D eigenvalue weighted by Gasteiger charge is -2.62. The second-order valence-electron chi connectivity index (χ2n) is 10.7. The summed E-state index contributed by atoms with van der Waals surface area (Å²) in [6.45, 7) is 6.26.